The van der Waals surface area contributed by atoms with Crippen LogP contribution in [-0.4, -0.2) is 16.4 Å². The zero-order valence-corrected chi connectivity index (χ0v) is 23.6. The summed E-state index contributed by atoms with van der Waals surface area (Å²) >= 11 is 0. The first kappa shape index (κ1) is 29.0. The third-order valence-corrected chi connectivity index (χ3v) is 7.34. The first-order valence-corrected chi connectivity index (χ1v) is 15.1. The Bertz CT molecular complexity index is 964. The van der Waals surface area contributed by atoms with Crippen LogP contribution in [-0.2, 0) is 7.05 Å². The minimum atomic E-state index is 0.740. The highest BCUT2D eigenvalue weighted by atomic mass is 16.5. The first-order chi connectivity index (χ1) is 18.3. The van der Waals surface area contributed by atoms with Crippen molar-refractivity contribution in [2.24, 2.45) is 7.05 Å². The quantitative estimate of drug-likeness (QED) is 0.144. The van der Waals surface area contributed by atoms with Crippen LogP contribution in [0, 0.1) is 0 Å². The maximum absolute atomic E-state index is 6.43. The predicted octanol–water partition coefficient (Wildman–Crippen LogP) is 10.4. The standard InChI is InChI=1S/C34H50N2O/c1-3-4-5-6-7-8-9-10-11-12-13-14-15-16-17-24-29-37-34-32(30-25-20-18-21-26-30)35-36(2)33(34)31-27-22-19-23-28-31/h18-23,25-28H,3-17,24,29H2,1-2H3. The Labute approximate surface area is 226 Å². The summed E-state index contributed by atoms with van der Waals surface area (Å²) < 4.78 is 8.39. The number of aryl methyl sites for hydroxylation is 1. The number of aromatic nitrogens is 2. The number of rotatable bonds is 20. The molecule has 1 heterocycles. The Balaban J connectivity index is 1.32. The minimum Gasteiger partial charge on any atom is -0.489 e. The van der Waals surface area contributed by atoms with Crippen LogP contribution in [0.4, 0.5) is 0 Å². The van der Waals surface area contributed by atoms with E-state index in [1.165, 1.54) is 96.3 Å². The van der Waals surface area contributed by atoms with Crippen molar-refractivity contribution in [3.63, 3.8) is 0 Å². The molecule has 0 N–H and O–H groups in total. The molecule has 0 amide bonds. The van der Waals surface area contributed by atoms with Gasteiger partial charge in [0.15, 0.2) is 5.75 Å². The smallest absolute Gasteiger partial charge is 0.173 e. The fourth-order valence-electron chi connectivity index (χ4n) is 5.16. The van der Waals surface area contributed by atoms with Gasteiger partial charge in [0.25, 0.3) is 0 Å². The normalized spacial score (nSPS) is 11.2. The average molecular weight is 503 g/mol. The molecule has 0 radical (unpaired) electrons. The highest BCUT2D eigenvalue weighted by Gasteiger charge is 2.20. The molecule has 3 heteroatoms. The molecule has 0 saturated carbocycles. The number of nitrogens with zero attached hydrogens (tertiary/aromatic N) is 2. The van der Waals surface area contributed by atoms with Crippen LogP contribution >= 0.6 is 0 Å². The van der Waals surface area contributed by atoms with Gasteiger partial charge in [0.2, 0.25) is 0 Å². The average Bonchev–Trinajstić information content (AvgIpc) is 3.27. The second kappa shape index (κ2) is 17.8. The second-order valence-corrected chi connectivity index (χ2v) is 10.5. The molecule has 202 valence electrons. The molecule has 2 aromatic carbocycles. The molecule has 1 aromatic heterocycles. The first-order valence-electron chi connectivity index (χ1n) is 15.1. The van der Waals surface area contributed by atoms with E-state index in [1.807, 2.05) is 17.8 Å². The van der Waals surface area contributed by atoms with E-state index in [4.69, 9.17) is 9.84 Å². The zero-order valence-electron chi connectivity index (χ0n) is 23.6. The lowest BCUT2D eigenvalue weighted by Gasteiger charge is -2.10. The molecule has 3 aromatic rings. The number of hydrogen-bond acceptors (Lipinski definition) is 2. The summed E-state index contributed by atoms with van der Waals surface area (Å²) in [4.78, 5) is 0. The van der Waals surface area contributed by atoms with E-state index in [2.05, 4.69) is 61.5 Å². The van der Waals surface area contributed by atoms with Crippen molar-refractivity contribution < 1.29 is 4.74 Å². The lowest BCUT2D eigenvalue weighted by Crippen LogP contribution is -2.00. The van der Waals surface area contributed by atoms with Crippen molar-refractivity contribution in [1.82, 2.24) is 9.78 Å². The van der Waals surface area contributed by atoms with Gasteiger partial charge < -0.3 is 4.74 Å². The Morgan fingerprint density at radius 1 is 0.568 bits per heavy atom. The van der Waals surface area contributed by atoms with Crippen LogP contribution in [0.3, 0.4) is 0 Å². The molecule has 3 nitrogen and oxygen atoms in total. The molecule has 0 aliphatic carbocycles. The van der Waals surface area contributed by atoms with Crippen LogP contribution in [0.1, 0.15) is 110 Å². The fraction of sp³-hybridized carbons (Fsp3) is 0.559. The molecule has 0 aliphatic rings. The van der Waals surface area contributed by atoms with Gasteiger partial charge in [0.05, 0.1) is 6.61 Å². The van der Waals surface area contributed by atoms with E-state index in [0.29, 0.717) is 0 Å². The van der Waals surface area contributed by atoms with Crippen molar-refractivity contribution in [3.8, 4) is 28.3 Å². The van der Waals surface area contributed by atoms with Crippen molar-refractivity contribution in [1.29, 1.82) is 0 Å². The van der Waals surface area contributed by atoms with E-state index in [9.17, 15) is 0 Å². The number of unbranched alkanes of at least 4 members (excludes halogenated alkanes) is 15. The summed E-state index contributed by atoms with van der Waals surface area (Å²) in [7, 11) is 2.01. The molecular weight excluding hydrogens is 452 g/mol. The molecule has 0 bridgehead atoms. The minimum absolute atomic E-state index is 0.740. The molecular formula is C34H50N2O. The summed E-state index contributed by atoms with van der Waals surface area (Å²) in [6, 6.07) is 20.8. The summed E-state index contributed by atoms with van der Waals surface area (Å²) in [6.45, 7) is 3.03. The molecule has 0 saturated heterocycles. The summed E-state index contributed by atoms with van der Waals surface area (Å²) in [5.74, 6) is 0.904. The van der Waals surface area contributed by atoms with Gasteiger partial charge in [-0.2, -0.15) is 5.10 Å². The van der Waals surface area contributed by atoms with Crippen molar-refractivity contribution in [3.05, 3.63) is 60.7 Å². The Hall–Kier alpha value is -2.55. The summed E-state index contributed by atoms with van der Waals surface area (Å²) in [6.07, 6.45) is 22.1. The SMILES string of the molecule is CCCCCCCCCCCCCCCCCCOc1c(-c2ccccc2)nn(C)c1-c1ccccc1. The molecule has 0 unspecified atom stereocenters. The highest BCUT2D eigenvalue weighted by Crippen LogP contribution is 2.38. The van der Waals surface area contributed by atoms with Gasteiger partial charge in [0, 0.05) is 18.2 Å². The van der Waals surface area contributed by atoms with Crippen LogP contribution in [0.25, 0.3) is 22.5 Å². The monoisotopic (exact) mass is 502 g/mol. The van der Waals surface area contributed by atoms with Crippen LogP contribution in [0.15, 0.2) is 60.7 Å². The van der Waals surface area contributed by atoms with E-state index in [1.54, 1.807) is 0 Å². The van der Waals surface area contributed by atoms with Crippen LogP contribution in [0.2, 0.25) is 0 Å². The lowest BCUT2D eigenvalue weighted by molar-refractivity contribution is 0.306. The van der Waals surface area contributed by atoms with Gasteiger partial charge in [-0.25, -0.2) is 0 Å². The lowest BCUT2D eigenvalue weighted by atomic mass is 10.0. The van der Waals surface area contributed by atoms with E-state index < -0.39 is 0 Å². The molecule has 0 spiro atoms. The van der Waals surface area contributed by atoms with Crippen LogP contribution in [0.5, 0.6) is 5.75 Å². The van der Waals surface area contributed by atoms with E-state index in [0.717, 1.165) is 41.3 Å². The number of ether oxygens (including phenoxy) is 1. The Kier molecular flexibility index (Phi) is 14.0. The number of hydrogen-bond donors (Lipinski definition) is 0. The topological polar surface area (TPSA) is 27.1 Å². The number of benzene rings is 2. The third-order valence-electron chi connectivity index (χ3n) is 7.34. The maximum atomic E-state index is 6.43. The largest absolute Gasteiger partial charge is 0.489 e. The Morgan fingerprint density at radius 3 is 1.49 bits per heavy atom. The van der Waals surface area contributed by atoms with Gasteiger partial charge in [-0.15, -0.1) is 0 Å². The molecule has 0 fully saturated rings. The van der Waals surface area contributed by atoms with Crippen molar-refractivity contribution in [2.75, 3.05) is 6.61 Å². The Morgan fingerprint density at radius 2 is 1.00 bits per heavy atom. The van der Waals surface area contributed by atoms with Gasteiger partial charge in [-0.05, 0) is 6.42 Å². The van der Waals surface area contributed by atoms with Crippen molar-refractivity contribution >= 4 is 0 Å². The fourth-order valence-corrected chi connectivity index (χ4v) is 5.16. The highest BCUT2D eigenvalue weighted by molar-refractivity contribution is 5.78. The second-order valence-electron chi connectivity index (χ2n) is 10.5. The molecule has 0 atom stereocenters. The van der Waals surface area contributed by atoms with Crippen molar-refractivity contribution in [2.45, 2.75) is 110 Å². The van der Waals surface area contributed by atoms with Gasteiger partial charge in [-0.1, -0.05) is 164 Å². The summed E-state index contributed by atoms with van der Waals surface area (Å²) in [5, 5.41) is 4.84. The molecule has 3 rings (SSSR count). The molecule has 0 aliphatic heterocycles. The molecule has 37 heavy (non-hydrogen) atoms. The van der Waals surface area contributed by atoms with Gasteiger partial charge in [-0.3, -0.25) is 4.68 Å². The summed E-state index contributed by atoms with van der Waals surface area (Å²) in [5.41, 5.74) is 4.22. The third kappa shape index (κ3) is 10.4. The van der Waals surface area contributed by atoms with E-state index in [-0.39, 0.29) is 0 Å². The predicted molar refractivity (Wildman–Crippen MR) is 159 cm³/mol. The van der Waals surface area contributed by atoms with Gasteiger partial charge in [0.1, 0.15) is 11.4 Å². The zero-order chi connectivity index (χ0) is 26.0. The van der Waals surface area contributed by atoms with Gasteiger partial charge >= 0.3 is 0 Å². The maximum Gasteiger partial charge on any atom is 0.173 e. The van der Waals surface area contributed by atoms with Crippen LogP contribution < -0.4 is 4.74 Å². The van der Waals surface area contributed by atoms with E-state index >= 15 is 0 Å².